The minimum absolute atomic E-state index is 0. The SMILES string of the molecule is CC(C)(C)c1ccc(-n2c(-c3cc(C(C)(C)C)cc(C(C)(C)C)c3O)nc3c(-c4[c-]c(-c5nc6cc7c8c(c6n5-c5ccc(C(C)(C)C)cc5-c5ccccc5)Oc5ccccc5B8c5ccccc5O7)ccc4)cccc32)c(-c2ccccc2)c1.[Pt]. The first-order chi connectivity index (χ1) is 41.1. The standard InChI is InChI=1S/C78H70BN4O3.Pt/c1-75(2,3)51-37-39-62(55(42-51)47-25-15-13-16-26-47)82-64-34-24-31-54(69(64)81-74(82)57-44-53(77(7,8)9)45-58(71(57)84)78(10,11)12)49-29-23-30-50(41-49)73-80-61-46-67-68-72(86-66-36-22-20-33-60(66)79(68)59-32-19-21-35-65(59)85-67)70(61)83(73)63-40-38-52(76(4,5)6)43-56(63)48-27-17-14-18-28-48;/h13-40,42-46,84H,1-12H3;/q-1;. The summed E-state index contributed by atoms with van der Waals surface area (Å²) in [6.45, 7) is 26.6. The summed E-state index contributed by atoms with van der Waals surface area (Å²) in [5.74, 6) is 4.63. The van der Waals surface area contributed by atoms with Gasteiger partial charge in [-0.2, -0.15) is 0 Å². The van der Waals surface area contributed by atoms with E-state index in [0.29, 0.717) is 23.0 Å². The molecule has 4 heterocycles. The molecule has 12 aromatic rings. The van der Waals surface area contributed by atoms with E-state index in [9.17, 15) is 5.11 Å². The van der Waals surface area contributed by atoms with Crippen molar-refractivity contribution in [3.63, 3.8) is 0 Å². The Balaban J connectivity index is 0.00000700. The quantitative estimate of drug-likeness (QED) is 0.127. The van der Waals surface area contributed by atoms with Gasteiger partial charge in [0.15, 0.2) is 5.75 Å². The van der Waals surface area contributed by atoms with Gasteiger partial charge >= 0.3 is 0 Å². The molecule has 1 N–H and O–H groups in total. The number of phenols is 1. The van der Waals surface area contributed by atoms with E-state index in [4.69, 9.17) is 19.4 Å². The molecule has 10 aromatic carbocycles. The summed E-state index contributed by atoms with van der Waals surface area (Å²) in [5.41, 5.74) is 19.4. The summed E-state index contributed by atoms with van der Waals surface area (Å²) in [4.78, 5) is 11.5. The zero-order chi connectivity index (χ0) is 59.8. The van der Waals surface area contributed by atoms with E-state index < -0.39 is 0 Å². The van der Waals surface area contributed by atoms with E-state index in [1.165, 1.54) is 11.1 Å². The van der Waals surface area contributed by atoms with Crippen LogP contribution < -0.4 is 25.9 Å². The number of aromatic nitrogens is 4. The molecule has 14 rings (SSSR count). The van der Waals surface area contributed by atoms with Gasteiger partial charge in [0.2, 0.25) is 0 Å². The number of aromatic hydroxyl groups is 1. The maximum Gasteiger partial charge on any atom is 0.260 e. The monoisotopic (exact) mass is 1320 g/mol. The summed E-state index contributed by atoms with van der Waals surface area (Å²) in [6.07, 6.45) is 0. The molecule has 2 aromatic heterocycles. The number of rotatable bonds is 7. The second-order valence-corrected chi connectivity index (χ2v) is 27.5. The predicted octanol–water partition coefficient (Wildman–Crippen LogP) is 18.1. The number of fused-ring (bicyclic) bond motifs is 7. The molecule has 0 amide bonds. The van der Waals surface area contributed by atoms with E-state index in [1.54, 1.807) is 0 Å². The normalized spacial score (nSPS) is 12.9. The van der Waals surface area contributed by atoms with Gasteiger partial charge in [0, 0.05) is 55.0 Å². The Morgan fingerprint density at radius 1 is 0.437 bits per heavy atom. The number of hydrogen-bond acceptors (Lipinski definition) is 5. The van der Waals surface area contributed by atoms with Crippen LogP contribution >= 0.6 is 0 Å². The zero-order valence-electron chi connectivity index (χ0n) is 51.5. The summed E-state index contributed by atoms with van der Waals surface area (Å²) in [7, 11) is 0. The molecule has 0 saturated carbocycles. The molecule has 2 aliphatic rings. The molecule has 0 radical (unpaired) electrons. The van der Waals surface area contributed by atoms with E-state index in [1.807, 2.05) is 12.1 Å². The Hall–Kier alpha value is -8.71. The smallest absolute Gasteiger partial charge is 0.260 e. The average molecular weight is 1320 g/mol. The van der Waals surface area contributed by atoms with Crippen molar-refractivity contribution in [2.75, 3.05) is 0 Å². The molecule has 0 saturated heterocycles. The molecule has 9 heteroatoms. The van der Waals surface area contributed by atoms with Crippen molar-refractivity contribution in [3.05, 3.63) is 229 Å². The number of imidazole rings is 2. The zero-order valence-corrected chi connectivity index (χ0v) is 53.8. The van der Waals surface area contributed by atoms with Gasteiger partial charge in [-0.25, -0.2) is 4.98 Å². The largest absolute Gasteiger partial charge is 0.507 e. The number of hydrogen-bond donors (Lipinski definition) is 1. The van der Waals surface area contributed by atoms with Crippen molar-refractivity contribution in [1.82, 2.24) is 19.1 Å². The van der Waals surface area contributed by atoms with Gasteiger partial charge in [0.05, 0.1) is 33.6 Å². The second-order valence-electron chi connectivity index (χ2n) is 27.5. The molecule has 0 aliphatic carbocycles. The number of nitrogens with zero attached hydrogens (tertiary/aromatic N) is 4. The first-order valence-electron chi connectivity index (χ1n) is 30.1. The van der Waals surface area contributed by atoms with Crippen molar-refractivity contribution in [1.29, 1.82) is 0 Å². The van der Waals surface area contributed by atoms with E-state index in [2.05, 4.69) is 286 Å². The van der Waals surface area contributed by atoms with Crippen LogP contribution in [0.4, 0.5) is 0 Å². The fraction of sp³-hybridized carbons (Fsp3) is 0.205. The van der Waals surface area contributed by atoms with Crippen LogP contribution in [0, 0.1) is 6.07 Å². The van der Waals surface area contributed by atoms with Gasteiger partial charge in [0.25, 0.3) is 6.71 Å². The topological polar surface area (TPSA) is 74.3 Å². The van der Waals surface area contributed by atoms with Crippen molar-refractivity contribution in [3.8, 4) is 96.3 Å². The van der Waals surface area contributed by atoms with Crippen molar-refractivity contribution in [2.45, 2.75) is 105 Å². The van der Waals surface area contributed by atoms with Crippen LogP contribution in [0.15, 0.2) is 200 Å². The fourth-order valence-corrected chi connectivity index (χ4v) is 12.8. The summed E-state index contributed by atoms with van der Waals surface area (Å²) in [5, 5.41) is 12.8. The van der Waals surface area contributed by atoms with Crippen LogP contribution in [0.3, 0.4) is 0 Å². The van der Waals surface area contributed by atoms with Gasteiger partial charge in [-0.1, -0.05) is 222 Å². The van der Waals surface area contributed by atoms with Gasteiger partial charge in [0.1, 0.15) is 34.3 Å². The van der Waals surface area contributed by atoms with Crippen LogP contribution in [0.2, 0.25) is 0 Å². The first-order valence-corrected chi connectivity index (χ1v) is 30.1. The van der Waals surface area contributed by atoms with Crippen LogP contribution in [-0.4, -0.2) is 30.9 Å². The molecule has 434 valence electrons. The van der Waals surface area contributed by atoms with Gasteiger partial charge in [-0.15, -0.1) is 29.8 Å². The van der Waals surface area contributed by atoms with E-state index >= 15 is 0 Å². The molecule has 87 heavy (non-hydrogen) atoms. The Labute approximate surface area is 526 Å². The van der Waals surface area contributed by atoms with Crippen molar-refractivity contribution < 1.29 is 35.6 Å². The van der Waals surface area contributed by atoms with Crippen LogP contribution in [0.1, 0.15) is 105 Å². The van der Waals surface area contributed by atoms with Gasteiger partial charge < -0.3 is 19.1 Å². The third-order valence-electron chi connectivity index (χ3n) is 17.5. The molecule has 0 bridgehead atoms. The number of phenolic OH excluding ortho intramolecular Hbond substituents is 1. The molecule has 0 fully saturated rings. The summed E-state index contributed by atoms with van der Waals surface area (Å²) >= 11 is 0. The minimum Gasteiger partial charge on any atom is -0.507 e. The van der Waals surface area contributed by atoms with Gasteiger partial charge in [-0.05, 0) is 109 Å². The Kier molecular flexibility index (Phi) is 13.9. The first kappa shape index (κ1) is 57.4. The molecule has 0 atom stereocenters. The molecule has 7 nitrogen and oxygen atoms in total. The maximum atomic E-state index is 12.8. The number of benzene rings is 10. The maximum absolute atomic E-state index is 12.8. The molecule has 0 spiro atoms. The van der Waals surface area contributed by atoms with Crippen molar-refractivity contribution in [2.24, 2.45) is 0 Å². The van der Waals surface area contributed by atoms with Gasteiger partial charge in [-0.3, -0.25) is 9.55 Å². The molecular formula is C78H70BN4O3Pt-. The summed E-state index contributed by atoms with van der Waals surface area (Å²) in [6, 6.07) is 74.9. The third-order valence-corrected chi connectivity index (χ3v) is 17.5. The van der Waals surface area contributed by atoms with Crippen molar-refractivity contribution >= 4 is 45.2 Å². The van der Waals surface area contributed by atoms with E-state index in [0.717, 1.165) is 117 Å². The molecular weight excluding hydrogens is 1250 g/mol. The third kappa shape index (κ3) is 9.81. The Bertz CT molecular complexity index is 4690. The van der Waals surface area contributed by atoms with E-state index in [-0.39, 0.29) is 55.2 Å². The number of para-hydroxylation sites is 3. The number of ether oxygens (including phenoxy) is 2. The molecule has 2 aliphatic heterocycles. The fourth-order valence-electron chi connectivity index (χ4n) is 12.8. The Morgan fingerprint density at radius 3 is 1.55 bits per heavy atom. The second kappa shape index (κ2) is 21.0. The average Bonchev–Trinajstić information content (AvgIpc) is 1.70. The predicted molar refractivity (Wildman–Crippen MR) is 356 cm³/mol. The summed E-state index contributed by atoms with van der Waals surface area (Å²) < 4.78 is 18.7. The van der Waals surface area contributed by atoms with Crippen LogP contribution in [-0.2, 0) is 42.7 Å². The minimum atomic E-state index is -0.374. The van der Waals surface area contributed by atoms with Crippen LogP contribution in [0.5, 0.6) is 28.7 Å². The molecule has 0 unspecified atom stereocenters. The van der Waals surface area contributed by atoms with Crippen LogP contribution in [0.25, 0.3) is 89.6 Å². The Morgan fingerprint density at radius 2 is 0.966 bits per heavy atom.